The Morgan fingerprint density at radius 2 is 1.36 bits per heavy atom. The second-order valence-electron chi connectivity index (χ2n) is 9.19. The fourth-order valence-electron chi connectivity index (χ4n) is 4.03. The molecule has 0 saturated heterocycles. The van der Waals surface area contributed by atoms with Gasteiger partial charge in [-0.3, -0.25) is 4.79 Å². The molecule has 0 radical (unpaired) electrons. The van der Waals surface area contributed by atoms with Gasteiger partial charge in [0.05, 0.1) is 12.0 Å². The summed E-state index contributed by atoms with van der Waals surface area (Å²) < 4.78 is 52.3. The Morgan fingerprint density at radius 1 is 0.917 bits per heavy atom. The Labute approximate surface area is 217 Å². The van der Waals surface area contributed by atoms with E-state index in [9.17, 15) is 22.0 Å². The van der Waals surface area contributed by atoms with Gasteiger partial charge < -0.3 is 4.74 Å². The highest BCUT2D eigenvalue weighted by molar-refractivity contribution is 7.90. The molecule has 0 aliphatic heterocycles. The van der Waals surface area contributed by atoms with Crippen molar-refractivity contribution < 1.29 is 26.7 Å². The molecule has 36 heavy (non-hydrogen) atoms. The molecular weight excluding hydrogens is 482 g/mol. The van der Waals surface area contributed by atoms with Gasteiger partial charge in [-0.1, -0.05) is 60.3 Å². The number of Topliss-reactive ketones (excluding diaryl/α,β-unsaturated/α-hetero) is 1. The lowest BCUT2D eigenvalue weighted by molar-refractivity contribution is -0.118. The number of carbonyl (C=O) groups is 1. The predicted molar refractivity (Wildman–Crippen MR) is 144 cm³/mol. The van der Waals surface area contributed by atoms with Crippen LogP contribution in [0.3, 0.4) is 0 Å². The van der Waals surface area contributed by atoms with Crippen molar-refractivity contribution in [2.24, 2.45) is 5.41 Å². The number of carbonyl (C=O) groups excluding carboxylic acids is 1. The Balaban J connectivity index is 0.000000513. The van der Waals surface area contributed by atoms with Crippen LogP contribution in [-0.4, -0.2) is 27.6 Å². The van der Waals surface area contributed by atoms with E-state index in [1.165, 1.54) is 83.1 Å². The first-order valence-electron chi connectivity index (χ1n) is 12.6. The third-order valence-electron chi connectivity index (χ3n) is 6.54. The van der Waals surface area contributed by atoms with E-state index in [2.05, 4.69) is 27.7 Å². The third kappa shape index (κ3) is 12.1. The van der Waals surface area contributed by atoms with Gasteiger partial charge in [-0.15, -0.1) is 0 Å². The standard InChI is InChI=1S/C11H24.C10H10F2O.C8H10O3S/c1-5-9-11(7-3,8-4)10-6-2;1-6(7(2)13)8-3-9(11)5-10(12)4-8;1-11-7-3-5-8(6-4-7)12(2,9)10/h5-10H2,1-4H3;3-6H,1-2H3;3-6H,1-2H3. The molecule has 2 aromatic carbocycles. The molecular formula is C29H44F2O4S. The average molecular weight is 527 g/mol. The Hall–Kier alpha value is -2.28. The SMILES string of the molecule is CC(=O)C(C)c1cc(F)cc(F)c1.CCCC(CC)(CC)CCC.COc1ccc(S(C)(=O)=O)cc1. The van der Waals surface area contributed by atoms with Gasteiger partial charge in [-0.25, -0.2) is 17.2 Å². The Morgan fingerprint density at radius 3 is 1.67 bits per heavy atom. The molecule has 7 heteroatoms. The van der Waals surface area contributed by atoms with Crippen LogP contribution in [0.5, 0.6) is 5.75 Å². The van der Waals surface area contributed by atoms with Crippen molar-refractivity contribution in [3.63, 3.8) is 0 Å². The normalized spacial score (nSPS) is 11.9. The van der Waals surface area contributed by atoms with E-state index in [0.29, 0.717) is 21.6 Å². The van der Waals surface area contributed by atoms with Crippen LogP contribution in [0, 0.1) is 17.0 Å². The van der Waals surface area contributed by atoms with Crippen molar-refractivity contribution >= 4 is 15.6 Å². The maximum Gasteiger partial charge on any atom is 0.175 e. The summed E-state index contributed by atoms with van der Waals surface area (Å²) in [6.07, 6.45) is 9.45. The van der Waals surface area contributed by atoms with Crippen molar-refractivity contribution in [1.29, 1.82) is 0 Å². The van der Waals surface area contributed by atoms with Gasteiger partial charge in [0.2, 0.25) is 0 Å². The number of methoxy groups -OCH3 is 1. The van der Waals surface area contributed by atoms with Crippen LogP contribution in [0.4, 0.5) is 8.78 Å². The maximum absolute atomic E-state index is 12.7. The van der Waals surface area contributed by atoms with Gasteiger partial charge in [0.1, 0.15) is 23.2 Å². The van der Waals surface area contributed by atoms with Gasteiger partial charge in [0.25, 0.3) is 0 Å². The van der Waals surface area contributed by atoms with Crippen LogP contribution >= 0.6 is 0 Å². The number of benzene rings is 2. The number of rotatable bonds is 10. The highest BCUT2D eigenvalue weighted by Crippen LogP contribution is 2.36. The number of halogens is 2. The topological polar surface area (TPSA) is 60.4 Å². The lowest BCUT2D eigenvalue weighted by Crippen LogP contribution is -2.17. The van der Waals surface area contributed by atoms with Gasteiger partial charge in [0.15, 0.2) is 9.84 Å². The molecule has 0 amide bonds. The van der Waals surface area contributed by atoms with E-state index < -0.39 is 27.4 Å². The fourth-order valence-corrected chi connectivity index (χ4v) is 4.66. The number of hydrogen-bond donors (Lipinski definition) is 0. The van der Waals surface area contributed by atoms with E-state index in [0.717, 1.165) is 6.07 Å². The summed E-state index contributed by atoms with van der Waals surface area (Å²) in [4.78, 5) is 11.2. The number of ether oxygens (including phenoxy) is 1. The third-order valence-corrected chi connectivity index (χ3v) is 7.67. The minimum atomic E-state index is -3.08. The second-order valence-corrected chi connectivity index (χ2v) is 11.2. The van der Waals surface area contributed by atoms with Gasteiger partial charge in [0, 0.05) is 18.2 Å². The molecule has 0 heterocycles. The minimum absolute atomic E-state index is 0.106. The first kappa shape index (κ1) is 33.7. The number of sulfone groups is 1. The van der Waals surface area contributed by atoms with E-state index in [1.807, 2.05) is 0 Å². The van der Waals surface area contributed by atoms with Gasteiger partial charge in [-0.05, 0) is 67.1 Å². The largest absolute Gasteiger partial charge is 0.497 e. The van der Waals surface area contributed by atoms with Crippen LogP contribution in [0.25, 0.3) is 0 Å². The van der Waals surface area contributed by atoms with Crippen molar-refractivity contribution in [2.45, 2.75) is 90.9 Å². The fraction of sp³-hybridized carbons (Fsp3) is 0.552. The van der Waals surface area contributed by atoms with Crippen molar-refractivity contribution in [3.05, 3.63) is 59.7 Å². The Kier molecular flexibility index (Phi) is 15.4. The summed E-state index contributed by atoms with van der Waals surface area (Å²) in [6, 6.07) is 9.43. The Bertz CT molecular complexity index is 986. The molecule has 0 fully saturated rings. The second kappa shape index (κ2) is 16.5. The minimum Gasteiger partial charge on any atom is -0.497 e. The zero-order chi connectivity index (χ0) is 27.9. The van der Waals surface area contributed by atoms with Crippen LogP contribution in [0.1, 0.15) is 91.5 Å². The van der Waals surface area contributed by atoms with Gasteiger partial charge in [-0.2, -0.15) is 0 Å². The summed E-state index contributed by atoms with van der Waals surface area (Å²) in [5.41, 5.74) is 1.06. The van der Waals surface area contributed by atoms with Crippen LogP contribution in [-0.2, 0) is 14.6 Å². The van der Waals surface area contributed by atoms with Crippen LogP contribution in [0.15, 0.2) is 47.4 Å². The molecule has 0 bridgehead atoms. The summed E-state index contributed by atoms with van der Waals surface area (Å²) in [7, 11) is -1.55. The molecule has 0 N–H and O–H groups in total. The van der Waals surface area contributed by atoms with E-state index in [4.69, 9.17) is 4.74 Å². The molecule has 4 nitrogen and oxygen atoms in total. The summed E-state index contributed by atoms with van der Waals surface area (Å²) in [5.74, 6) is -1.20. The molecule has 0 aliphatic carbocycles. The molecule has 0 spiro atoms. The number of ketones is 1. The average Bonchev–Trinajstić information content (AvgIpc) is 2.83. The maximum atomic E-state index is 12.7. The summed E-state index contributed by atoms with van der Waals surface area (Å²) in [6.45, 7) is 12.3. The van der Waals surface area contributed by atoms with E-state index in [1.54, 1.807) is 19.1 Å². The first-order chi connectivity index (χ1) is 16.8. The lowest BCUT2D eigenvalue weighted by Gasteiger charge is -2.31. The zero-order valence-corrected chi connectivity index (χ0v) is 24.0. The van der Waals surface area contributed by atoms with E-state index in [-0.39, 0.29) is 5.78 Å². The molecule has 0 aromatic heterocycles. The van der Waals surface area contributed by atoms with E-state index >= 15 is 0 Å². The highest BCUT2D eigenvalue weighted by atomic mass is 32.2. The molecule has 1 atom stereocenters. The quantitative estimate of drug-likeness (QED) is 0.313. The van der Waals surface area contributed by atoms with Crippen molar-refractivity contribution in [2.75, 3.05) is 13.4 Å². The molecule has 1 unspecified atom stereocenters. The van der Waals surface area contributed by atoms with Crippen LogP contribution in [0.2, 0.25) is 0 Å². The molecule has 0 saturated carbocycles. The first-order valence-corrected chi connectivity index (χ1v) is 14.5. The summed E-state index contributed by atoms with van der Waals surface area (Å²) >= 11 is 0. The molecule has 204 valence electrons. The number of hydrogen-bond acceptors (Lipinski definition) is 4. The van der Waals surface area contributed by atoms with Gasteiger partial charge >= 0.3 is 0 Å². The molecule has 2 rings (SSSR count). The molecule has 0 aliphatic rings. The smallest absolute Gasteiger partial charge is 0.175 e. The highest BCUT2D eigenvalue weighted by Gasteiger charge is 2.23. The molecule has 2 aromatic rings. The summed E-state index contributed by atoms with van der Waals surface area (Å²) in [5, 5.41) is 0. The van der Waals surface area contributed by atoms with Crippen molar-refractivity contribution in [3.8, 4) is 5.75 Å². The zero-order valence-electron chi connectivity index (χ0n) is 23.2. The predicted octanol–water partition coefficient (Wildman–Crippen LogP) is 8.15. The van der Waals surface area contributed by atoms with Crippen molar-refractivity contribution in [1.82, 2.24) is 0 Å². The van der Waals surface area contributed by atoms with Crippen LogP contribution < -0.4 is 4.74 Å². The monoisotopic (exact) mass is 526 g/mol. The lowest BCUT2D eigenvalue weighted by atomic mass is 9.75.